The SMILES string of the molecule is Cc1cc(OCCC2CCCNC2)ccc1Br.Cl. The van der Waals surface area contributed by atoms with E-state index in [-0.39, 0.29) is 12.4 Å². The van der Waals surface area contributed by atoms with Crippen molar-refractivity contribution in [2.75, 3.05) is 19.7 Å². The first-order valence-electron chi connectivity index (χ1n) is 6.35. The maximum absolute atomic E-state index is 5.80. The largest absolute Gasteiger partial charge is 0.494 e. The Bertz CT molecular complexity index is 367. The van der Waals surface area contributed by atoms with Gasteiger partial charge in [-0.2, -0.15) is 0 Å². The topological polar surface area (TPSA) is 21.3 Å². The van der Waals surface area contributed by atoms with Gasteiger partial charge in [-0.3, -0.25) is 0 Å². The molecule has 0 radical (unpaired) electrons. The molecule has 4 heteroatoms. The summed E-state index contributed by atoms with van der Waals surface area (Å²) < 4.78 is 6.94. The van der Waals surface area contributed by atoms with Crippen LogP contribution in [0.15, 0.2) is 22.7 Å². The monoisotopic (exact) mass is 333 g/mol. The Kier molecular flexibility index (Phi) is 7.05. The van der Waals surface area contributed by atoms with Gasteiger partial charge in [0.15, 0.2) is 0 Å². The zero-order valence-corrected chi connectivity index (χ0v) is 13.1. The molecule has 1 saturated heterocycles. The molecule has 1 aliphatic rings. The van der Waals surface area contributed by atoms with Crippen molar-refractivity contribution in [2.45, 2.75) is 26.2 Å². The van der Waals surface area contributed by atoms with Crippen LogP contribution in [0.2, 0.25) is 0 Å². The average Bonchev–Trinajstić information content (AvgIpc) is 2.35. The quantitative estimate of drug-likeness (QED) is 0.900. The van der Waals surface area contributed by atoms with E-state index in [1.807, 2.05) is 12.1 Å². The summed E-state index contributed by atoms with van der Waals surface area (Å²) in [5.41, 5.74) is 1.22. The molecule has 1 N–H and O–H groups in total. The van der Waals surface area contributed by atoms with Crippen molar-refractivity contribution in [3.63, 3.8) is 0 Å². The summed E-state index contributed by atoms with van der Waals surface area (Å²) in [6.45, 7) is 5.25. The number of halogens is 2. The number of ether oxygens (including phenoxy) is 1. The number of hydrogen-bond donors (Lipinski definition) is 1. The molecular formula is C14H21BrClNO. The molecule has 0 spiro atoms. The molecule has 0 amide bonds. The van der Waals surface area contributed by atoms with Crippen LogP contribution in [0.3, 0.4) is 0 Å². The lowest BCUT2D eigenvalue weighted by molar-refractivity contribution is 0.254. The fourth-order valence-electron chi connectivity index (χ4n) is 2.22. The van der Waals surface area contributed by atoms with Crippen molar-refractivity contribution in [1.82, 2.24) is 5.32 Å². The number of aryl methyl sites for hydroxylation is 1. The highest BCUT2D eigenvalue weighted by molar-refractivity contribution is 9.10. The summed E-state index contributed by atoms with van der Waals surface area (Å²) in [7, 11) is 0. The molecule has 1 atom stereocenters. The number of piperidine rings is 1. The highest BCUT2D eigenvalue weighted by Crippen LogP contribution is 2.22. The van der Waals surface area contributed by atoms with Gasteiger partial charge in [0, 0.05) is 4.47 Å². The minimum absolute atomic E-state index is 0. The van der Waals surface area contributed by atoms with Crippen LogP contribution in [-0.2, 0) is 0 Å². The second-order valence-electron chi connectivity index (χ2n) is 4.76. The van der Waals surface area contributed by atoms with E-state index < -0.39 is 0 Å². The summed E-state index contributed by atoms with van der Waals surface area (Å²) in [6, 6.07) is 6.16. The van der Waals surface area contributed by atoms with Crippen LogP contribution in [0.5, 0.6) is 5.75 Å². The first kappa shape index (κ1) is 15.8. The Hall–Kier alpha value is -0.250. The summed E-state index contributed by atoms with van der Waals surface area (Å²) >= 11 is 3.50. The van der Waals surface area contributed by atoms with Gasteiger partial charge >= 0.3 is 0 Å². The van der Waals surface area contributed by atoms with Gasteiger partial charge in [0.2, 0.25) is 0 Å². The van der Waals surface area contributed by atoms with Crippen LogP contribution in [0.1, 0.15) is 24.8 Å². The van der Waals surface area contributed by atoms with Gasteiger partial charge < -0.3 is 10.1 Å². The van der Waals surface area contributed by atoms with E-state index in [2.05, 4.69) is 34.2 Å². The molecular weight excluding hydrogens is 314 g/mol. The van der Waals surface area contributed by atoms with Crippen LogP contribution in [-0.4, -0.2) is 19.7 Å². The van der Waals surface area contributed by atoms with Crippen molar-refractivity contribution in [3.8, 4) is 5.75 Å². The van der Waals surface area contributed by atoms with E-state index in [0.717, 1.165) is 35.7 Å². The smallest absolute Gasteiger partial charge is 0.119 e. The number of rotatable bonds is 4. The third-order valence-electron chi connectivity index (χ3n) is 3.32. The summed E-state index contributed by atoms with van der Waals surface area (Å²) in [6.07, 6.45) is 3.81. The molecule has 0 bridgehead atoms. The lowest BCUT2D eigenvalue weighted by Gasteiger charge is -2.22. The molecule has 1 aromatic carbocycles. The van der Waals surface area contributed by atoms with Crippen LogP contribution < -0.4 is 10.1 Å². The van der Waals surface area contributed by atoms with E-state index in [0.29, 0.717) is 0 Å². The highest BCUT2D eigenvalue weighted by atomic mass is 79.9. The molecule has 102 valence electrons. The van der Waals surface area contributed by atoms with E-state index in [1.54, 1.807) is 0 Å². The highest BCUT2D eigenvalue weighted by Gasteiger charge is 2.12. The minimum atomic E-state index is 0. The number of nitrogens with one attached hydrogen (secondary N) is 1. The Labute approximate surface area is 124 Å². The van der Waals surface area contributed by atoms with Crippen LogP contribution in [0, 0.1) is 12.8 Å². The number of benzene rings is 1. The molecule has 0 saturated carbocycles. The second kappa shape index (κ2) is 8.03. The van der Waals surface area contributed by atoms with Gasteiger partial charge in [0.25, 0.3) is 0 Å². The van der Waals surface area contributed by atoms with Crippen LogP contribution >= 0.6 is 28.3 Å². The zero-order valence-electron chi connectivity index (χ0n) is 10.7. The van der Waals surface area contributed by atoms with Crippen molar-refractivity contribution < 1.29 is 4.74 Å². The van der Waals surface area contributed by atoms with E-state index in [4.69, 9.17) is 4.74 Å². The first-order chi connectivity index (χ1) is 8.25. The Morgan fingerprint density at radius 3 is 2.94 bits per heavy atom. The minimum Gasteiger partial charge on any atom is -0.494 e. The number of hydrogen-bond acceptors (Lipinski definition) is 2. The maximum Gasteiger partial charge on any atom is 0.119 e. The molecule has 18 heavy (non-hydrogen) atoms. The predicted octanol–water partition coefficient (Wildman–Crippen LogP) is 3.95. The summed E-state index contributed by atoms with van der Waals surface area (Å²) in [5, 5.41) is 3.44. The van der Waals surface area contributed by atoms with Crippen LogP contribution in [0.25, 0.3) is 0 Å². The molecule has 2 nitrogen and oxygen atoms in total. The molecule has 1 aromatic rings. The van der Waals surface area contributed by atoms with Crippen molar-refractivity contribution in [3.05, 3.63) is 28.2 Å². The lowest BCUT2D eigenvalue weighted by atomic mass is 9.97. The summed E-state index contributed by atoms with van der Waals surface area (Å²) in [5.74, 6) is 1.77. The fourth-order valence-corrected chi connectivity index (χ4v) is 2.47. The van der Waals surface area contributed by atoms with Gasteiger partial charge in [-0.05, 0) is 69.0 Å². The molecule has 0 aliphatic carbocycles. The lowest BCUT2D eigenvalue weighted by Crippen LogP contribution is -2.30. The first-order valence-corrected chi connectivity index (χ1v) is 7.14. The van der Waals surface area contributed by atoms with E-state index >= 15 is 0 Å². The predicted molar refractivity (Wildman–Crippen MR) is 81.8 cm³/mol. The Balaban J connectivity index is 0.00000162. The van der Waals surface area contributed by atoms with Gasteiger partial charge in [-0.1, -0.05) is 15.9 Å². The van der Waals surface area contributed by atoms with Crippen molar-refractivity contribution in [2.24, 2.45) is 5.92 Å². The molecule has 1 aliphatic heterocycles. The Morgan fingerprint density at radius 2 is 2.28 bits per heavy atom. The third kappa shape index (κ3) is 4.79. The molecule has 0 aromatic heterocycles. The third-order valence-corrected chi connectivity index (χ3v) is 4.21. The maximum atomic E-state index is 5.80. The standard InChI is InChI=1S/C14H20BrNO.ClH/c1-11-9-13(4-5-14(11)15)17-8-6-12-3-2-7-16-10-12;/h4-5,9,12,16H,2-3,6-8,10H2,1H3;1H. The Morgan fingerprint density at radius 1 is 1.44 bits per heavy atom. The molecule has 2 rings (SSSR count). The van der Waals surface area contributed by atoms with E-state index in [1.165, 1.54) is 24.9 Å². The molecule has 1 unspecified atom stereocenters. The fraction of sp³-hybridized carbons (Fsp3) is 0.571. The van der Waals surface area contributed by atoms with Crippen molar-refractivity contribution >= 4 is 28.3 Å². The van der Waals surface area contributed by atoms with Gasteiger partial charge in [0.1, 0.15) is 5.75 Å². The zero-order chi connectivity index (χ0) is 12.1. The normalized spacial score (nSPS) is 19.1. The van der Waals surface area contributed by atoms with Gasteiger partial charge in [0.05, 0.1) is 6.61 Å². The van der Waals surface area contributed by atoms with Gasteiger partial charge in [-0.25, -0.2) is 0 Å². The van der Waals surface area contributed by atoms with Crippen molar-refractivity contribution in [1.29, 1.82) is 0 Å². The second-order valence-corrected chi connectivity index (χ2v) is 5.61. The molecule has 1 heterocycles. The van der Waals surface area contributed by atoms with E-state index in [9.17, 15) is 0 Å². The van der Waals surface area contributed by atoms with Crippen LogP contribution in [0.4, 0.5) is 0 Å². The van der Waals surface area contributed by atoms with Gasteiger partial charge in [-0.15, -0.1) is 12.4 Å². The summed E-state index contributed by atoms with van der Waals surface area (Å²) in [4.78, 5) is 0. The molecule has 1 fully saturated rings. The average molecular weight is 335 g/mol.